The largest absolute Gasteiger partial charge is 0.384 e. The van der Waals surface area contributed by atoms with E-state index in [4.69, 9.17) is 9.97 Å². The average molecular weight is 568 g/mol. The number of nitrogens with one attached hydrogen (secondary N) is 2. The molecule has 0 saturated heterocycles. The van der Waals surface area contributed by atoms with E-state index in [1.54, 1.807) is 43.8 Å². The summed E-state index contributed by atoms with van der Waals surface area (Å²) in [5.74, 6) is -0.514. The van der Waals surface area contributed by atoms with Crippen LogP contribution < -0.4 is 10.6 Å². The Labute approximate surface area is 238 Å². The number of aryl methyl sites for hydroxylation is 2. The Hall–Kier alpha value is -4.74. The van der Waals surface area contributed by atoms with Crippen LogP contribution in [0.1, 0.15) is 35.6 Å². The minimum Gasteiger partial charge on any atom is -0.384 e. The maximum absolute atomic E-state index is 14.0. The predicted octanol–water partition coefficient (Wildman–Crippen LogP) is 6.31. The van der Waals surface area contributed by atoms with E-state index >= 15 is 0 Å². The van der Waals surface area contributed by atoms with Crippen molar-refractivity contribution in [3.63, 3.8) is 0 Å². The van der Waals surface area contributed by atoms with Gasteiger partial charge >= 0.3 is 0 Å². The zero-order valence-corrected chi connectivity index (χ0v) is 23.5. The Kier molecular flexibility index (Phi) is 6.47. The summed E-state index contributed by atoms with van der Waals surface area (Å²) in [7, 11) is 1.79. The van der Waals surface area contributed by atoms with Gasteiger partial charge in [-0.2, -0.15) is 9.47 Å². The standard InChI is InChI=1S/C30H26FN7O2S/c1-16-7-5-6-8-19(16)33-28-23(35-29(39)27-18-13-17(31)9-12-25(18)41-37-27)14-22-20(34-28)10-11-21(32-22)24-15-26(30(2,3)40)36-38(24)4/h5-15,40H,1-4H3,(H,33,34)(H,35,39). The molecular formula is C30H26FN7O2S. The molecule has 41 heavy (non-hydrogen) atoms. The summed E-state index contributed by atoms with van der Waals surface area (Å²) in [5.41, 5.74) is 4.24. The number of hydrogen-bond acceptors (Lipinski definition) is 8. The fraction of sp³-hybridized carbons (Fsp3) is 0.167. The molecule has 0 saturated carbocycles. The third kappa shape index (κ3) is 5.12. The van der Waals surface area contributed by atoms with Crippen molar-refractivity contribution < 1.29 is 14.3 Å². The summed E-state index contributed by atoms with van der Waals surface area (Å²) >= 11 is 1.13. The zero-order valence-electron chi connectivity index (χ0n) is 22.7. The van der Waals surface area contributed by atoms with Gasteiger partial charge in [-0.25, -0.2) is 14.4 Å². The van der Waals surface area contributed by atoms with Gasteiger partial charge in [0.25, 0.3) is 5.91 Å². The number of aliphatic hydroxyl groups is 1. The number of carbonyl (C=O) groups excluding carboxylic acids is 1. The van der Waals surface area contributed by atoms with Crippen molar-refractivity contribution in [1.82, 2.24) is 24.1 Å². The van der Waals surface area contributed by atoms with Gasteiger partial charge in [0.1, 0.15) is 17.1 Å². The SMILES string of the molecule is Cc1ccccc1Nc1nc2ccc(-c3cc(C(C)(C)O)nn3C)nc2cc1NC(=O)c1nsc2ccc(F)cc12. The van der Waals surface area contributed by atoms with Crippen LogP contribution in [0.15, 0.2) is 66.7 Å². The van der Waals surface area contributed by atoms with Gasteiger partial charge in [0.05, 0.1) is 38.5 Å². The molecule has 206 valence electrons. The minimum atomic E-state index is -1.11. The molecule has 4 heterocycles. The topological polar surface area (TPSA) is 118 Å². The highest BCUT2D eigenvalue weighted by molar-refractivity contribution is 7.13. The number of benzene rings is 2. The van der Waals surface area contributed by atoms with Crippen LogP contribution in [0.3, 0.4) is 0 Å². The Morgan fingerprint density at radius 1 is 1.00 bits per heavy atom. The number of pyridine rings is 2. The van der Waals surface area contributed by atoms with Crippen molar-refractivity contribution in [3.8, 4) is 11.4 Å². The van der Waals surface area contributed by atoms with E-state index in [9.17, 15) is 14.3 Å². The van der Waals surface area contributed by atoms with Crippen molar-refractivity contribution >= 4 is 55.8 Å². The van der Waals surface area contributed by atoms with Crippen LogP contribution in [0.5, 0.6) is 0 Å². The first-order valence-corrected chi connectivity index (χ1v) is 13.6. The number of hydrogen-bond donors (Lipinski definition) is 3. The number of nitrogens with zero attached hydrogens (tertiary/aromatic N) is 5. The monoisotopic (exact) mass is 567 g/mol. The minimum absolute atomic E-state index is 0.127. The maximum Gasteiger partial charge on any atom is 0.276 e. The van der Waals surface area contributed by atoms with Crippen molar-refractivity contribution in [2.75, 3.05) is 10.6 Å². The second-order valence-corrected chi connectivity index (χ2v) is 11.1. The molecule has 6 aromatic rings. The van der Waals surface area contributed by atoms with E-state index in [0.29, 0.717) is 49.7 Å². The van der Waals surface area contributed by atoms with Crippen LogP contribution in [0.2, 0.25) is 0 Å². The van der Waals surface area contributed by atoms with Crippen LogP contribution in [0.25, 0.3) is 32.5 Å². The number of rotatable bonds is 6. The molecular weight excluding hydrogens is 541 g/mol. The fourth-order valence-corrected chi connectivity index (χ4v) is 5.24. The number of aromatic nitrogens is 5. The Balaban J connectivity index is 1.44. The van der Waals surface area contributed by atoms with Gasteiger partial charge in [0.15, 0.2) is 5.82 Å². The molecule has 0 fully saturated rings. The second-order valence-electron chi connectivity index (χ2n) is 10.3. The number of halogens is 1. The van der Waals surface area contributed by atoms with Gasteiger partial charge < -0.3 is 15.7 Å². The summed E-state index contributed by atoms with van der Waals surface area (Å²) < 4.78 is 20.6. The van der Waals surface area contributed by atoms with Crippen molar-refractivity contribution in [2.24, 2.45) is 7.05 Å². The molecule has 0 aliphatic heterocycles. The van der Waals surface area contributed by atoms with Crippen LogP contribution in [0.4, 0.5) is 21.6 Å². The Bertz CT molecular complexity index is 1960. The highest BCUT2D eigenvalue weighted by atomic mass is 32.1. The lowest BCUT2D eigenvalue weighted by atomic mass is 10.1. The van der Waals surface area contributed by atoms with Crippen LogP contribution in [0, 0.1) is 12.7 Å². The molecule has 11 heteroatoms. The van der Waals surface area contributed by atoms with Gasteiger partial charge in [0.2, 0.25) is 0 Å². The number of amides is 1. The van der Waals surface area contributed by atoms with E-state index in [-0.39, 0.29) is 5.69 Å². The van der Waals surface area contributed by atoms with Crippen molar-refractivity contribution in [1.29, 1.82) is 0 Å². The van der Waals surface area contributed by atoms with Gasteiger partial charge in [-0.15, -0.1) is 0 Å². The number of para-hydroxylation sites is 1. The summed E-state index contributed by atoms with van der Waals surface area (Å²) in [6.45, 7) is 5.32. The van der Waals surface area contributed by atoms with Gasteiger partial charge in [-0.1, -0.05) is 18.2 Å². The smallest absolute Gasteiger partial charge is 0.276 e. The third-order valence-electron chi connectivity index (χ3n) is 6.73. The molecule has 0 bridgehead atoms. The summed E-state index contributed by atoms with van der Waals surface area (Å²) in [6, 6.07) is 19.2. The molecule has 6 rings (SSSR count). The highest BCUT2D eigenvalue weighted by Crippen LogP contribution is 2.32. The number of carbonyl (C=O) groups is 1. The number of fused-ring (bicyclic) bond motifs is 2. The lowest BCUT2D eigenvalue weighted by Gasteiger charge is -2.15. The van der Waals surface area contributed by atoms with Crippen LogP contribution in [-0.2, 0) is 12.6 Å². The van der Waals surface area contributed by atoms with Gasteiger partial charge in [-0.3, -0.25) is 9.48 Å². The second kappa shape index (κ2) is 10.0. The van der Waals surface area contributed by atoms with E-state index in [0.717, 1.165) is 22.8 Å². The van der Waals surface area contributed by atoms with E-state index in [2.05, 4.69) is 20.1 Å². The van der Waals surface area contributed by atoms with E-state index < -0.39 is 17.3 Å². The molecule has 0 unspecified atom stereocenters. The van der Waals surface area contributed by atoms with Crippen molar-refractivity contribution in [3.05, 3.63) is 89.5 Å². The molecule has 9 nitrogen and oxygen atoms in total. The summed E-state index contributed by atoms with van der Waals surface area (Å²) in [6.07, 6.45) is 0. The lowest BCUT2D eigenvalue weighted by Crippen LogP contribution is -2.16. The molecule has 3 N–H and O–H groups in total. The summed E-state index contributed by atoms with van der Waals surface area (Å²) in [5, 5.41) is 21.5. The molecule has 0 aliphatic rings. The van der Waals surface area contributed by atoms with E-state index in [1.165, 1.54) is 12.1 Å². The maximum atomic E-state index is 14.0. The molecule has 0 atom stereocenters. The molecule has 1 amide bonds. The first-order valence-electron chi connectivity index (χ1n) is 12.8. The average Bonchev–Trinajstić information content (AvgIpc) is 3.53. The molecule has 0 aliphatic carbocycles. The van der Waals surface area contributed by atoms with Crippen LogP contribution in [-0.4, -0.2) is 35.1 Å². The first-order chi connectivity index (χ1) is 19.6. The lowest BCUT2D eigenvalue weighted by molar-refractivity contribution is 0.0732. The molecule has 2 aromatic carbocycles. The van der Waals surface area contributed by atoms with Crippen LogP contribution >= 0.6 is 11.5 Å². The van der Waals surface area contributed by atoms with Gasteiger partial charge in [0, 0.05) is 18.1 Å². The summed E-state index contributed by atoms with van der Waals surface area (Å²) in [4.78, 5) is 23.0. The normalized spacial score (nSPS) is 11.8. The molecule has 0 spiro atoms. The quantitative estimate of drug-likeness (QED) is 0.216. The zero-order chi connectivity index (χ0) is 28.9. The molecule has 0 radical (unpaired) electrons. The van der Waals surface area contributed by atoms with Gasteiger partial charge in [-0.05, 0) is 86.4 Å². The number of anilines is 3. The fourth-order valence-electron chi connectivity index (χ4n) is 4.49. The van der Waals surface area contributed by atoms with Crippen molar-refractivity contribution in [2.45, 2.75) is 26.4 Å². The Morgan fingerprint density at radius 3 is 2.56 bits per heavy atom. The first kappa shape index (κ1) is 26.5. The predicted molar refractivity (Wildman–Crippen MR) is 159 cm³/mol. The molecule has 4 aromatic heterocycles. The Morgan fingerprint density at radius 2 is 1.80 bits per heavy atom. The highest BCUT2D eigenvalue weighted by Gasteiger charge is 2.23. The third-order valence-corrected chi connectivity index (χ3v) is 7.56. The van der Waals surface area contributed by atoms with E-state index in [1.807, 2.05) is 43.3 Å².